The standard InChI is InChI=1S/C29H30N2O3/c1-20-25(19-18-22-12-6-3-7-13-22)34-29(31-28(33)24-16-10-5-11-17-24)21(2)26(20)30-27(32)23-14-8-4-9-15-23/h3-21,25-26,29H,1-2H3,(H,30,32)(H,31,33)/b19-18+/t20-,21-,25+,26-,29-/m1/s1. The Hall–Kier alpha value is -3.70. The van der Waals surface area contributed by atoms with Gasteiger partial charge in [-0.3, -0.25) is 9.59 Å². The van der Waals surface area contributed by atoms with Crippen molar-refractivity contribution in [3.63, 3.8) is 0 Å². The fourth-order valence-corrected chi connectivity index (χ4v) is 4.33. The van der Waals surface area contributed by atoms with Gasteiger partial charge in [-0.05, 0) is 29.8 Å². The molecule has 0 spiro atoms. The molecule has 3 aromatic carbocycles. The minimum absolute atomic E-state index is 0.00694. The number of hydrogen-bond donors (Lipinski definition) is 2. The first-order valence-electron chi connectivity index (χ1n) is 11.6. The molecule has 0 aliphatic carbocycles. The Bertz CT molecular complexity index is 1120. The Morgan fingerprint density at radius 1 is 0.706 bits per heavy atom. The van der Waals surface area contributed by atoms with E-state index in [9.17, 15) is 9.59 Å². The molecule has 4 rings (SSSR count). The normalized spacial score (nSPS) is 24.5. The maximum absolute atomic E-state index is 13.0. The minimum Gasteiger partial charge on any atom is -0.350 e. The van der Waals surface area contributed by atoms with Crippen LogP contribution in [-0.4, -0.2) is 30.2 Å². The summed E-state index contributed by atoms with van der Waals surface area (Å²) in [6.07, 6.45) is 3.17. The number of nitrogens with one attached hydrogen (secondary N) is 2. The Labute approximate surface area is 200 Å². The van der Waals surface area contributed by atoms with E-state index in [-0.39, 0.29) is 35.8 Å². The summed E-state index contributed by atoms with van der Waals surface area (Å²) in [5.74, 6) is -0.486. The highest BCUT2D eigenvalue weighted by atomic mass is 16.5. The summed E-state index contributed by atoms with van der Waals surface area (Å²) in [5.41, 5.74) is 2.24. The number of ether oxygens (including phenoxy) is 1. The topological polar surface area (TPSA) is 67.4 Å². The average Bonchev–Trinajstić information content (AvgIpc) is 2.89. The zero-order valence-electron chi connectivity index (χ0n) is 19.4. The molecule has 1 aliphatic heterocycles. The highest BCUT2D eigenvalue weighted by Gasteiger charge is 2.42. The van der Waals surface area contributed by atoms with E-state index in [1.54, 1.807) is 24.3 Å². The monoisotopic (exact) mass is 454 g/mol. The summed E-state index contributed by atoms with van der Waals surface area (Å²) in [7, 11) is 0. The Kier molecular flexibility index (Phi) is 7.55. The SMILES string of the molecule is C[C@@H]1[C@H](NC(=O)c2ccccc2)[C@H](C)[C@H](/C=C/c2ccccc2)O[C@H]1NC(=O)c1ccccc1. The molecular weight excluding hydrogens is 424 g/mol. The summed E-state index contributed by atoms with van der Waals surface area (Å²) >= 11 is 0. The van der Waals surface area contributed by atoms with Gasteiger partial charge in [0.05, 0.1) is 6.10 Å². The van der Waals surface area contributed by atoms with Crippen LogP contribution in [0.25, 0.3) is 6.08 Å². The molecular formula is C29H30N2O3. The van der Waals surface area contributed by atoms with Crippen LogP contribution in [0.15, 0.2) is 97.1 Å². The molecule has 1 heterocycles. The van der Waals surface area contributed by atoms with E-state index in [2.05, 4.69) is 17.6 Å². The lowest BCUT2D eigenvalue weighted by molar-refractivity contribution is -0.109. The second kappa shape index (κ2) is 10.9. The number of carbonyl (C=O) groups is 2. The molecule has 0 aromatic heterocycles. The van der Waals surface area contributed by atoms with Crippen molar-refractivity contribution in [1.82, 2.24) is 10.6 Å². The minimum atomic E-state index is -0.560. The molecule has 34 heavy (non-hydrogen) atoms. The van der Waals surface area contributed by atoms with Crippen LogP contribution in [0.3, 0.4) is 0 Å². The first-order valence-corrected chi connectivity index (χ1v) is 11.6. The molecule has 5 nitrogen and oxygen atoms in total. The first kappa shape index (κ1) is 23.5. The van der Waals surface area contributed by atoms with Gasteiger partial charge in [-0.15, -0.1) is 0 Å². The Morgan fingerprint density at radius 3 is 1.76 bits per heavy atom. The van der Waals surface area contributed by atoms with E-state index in [1.165, 1.54) is 0 Å². The van der Waals surface area contributed by atoms with Gasteiger partial charge in [-0.25, -0.2) is 0 Å². The van der Waals surface area contributed by atoms with Gasteiger partial charge in [0.15, 0.2) is 0 Å². The van der Waals surface area contributed by atoms with E-state index >= 15 is 0 Å². The lowest BCUT2D eigenvalue weighted by Gasteiger charge is -2.44. The predicted molar refractivity (Wildman–Crippen MR) is 134 cm³/mol. The smallest absolute Gasteiger partial charge is 0.253 e. The van der Waals surface area contributed by atoms with Gasteiger partial charge in [0.1, 0.15) is 6.23 Å². The van der Waals surface area contributed by atoms with Crippen molar-refractivity contribution in [3.05, 3.63) is 114 Å². The summed E-state index contributed by atoms with van der Waals surface area (Å²) in [6, 6.07) is 28.0. The highest BCUT2D eigenvalue weighted by Crippen LogP contribution is 2.31. The van der Waals surface area contributed by atoms with Crippen LogP contribution in [0, 0.1) is 11.8 Å². The van der Waals surface area contributed by atoms with Crippen LogP contribution >= 0.6 is 0 Å². The van der Waals surface area contributed by atoms with E-state index in [0.717, 1.165) is 5.56 Å². The summed E-state index contributed by atoms with van der Waals surface area (Å²) < 4.78 is 6.37. The molecule has 1 aliphatic rings. The van der Waals surface area contributed by atoms with Crippen LogP contribution in [0.5, 0.6) is 0 Å². The molecule has 0 unspecified atom stereocenters. The van der Waals surface area contributed by atoms with E-state index in [1.807, 2.05) is 85.8 Å². The zero-order valence-corrected chi connectivity index (χ0v) is 19.4. The van der Waals surface area contributed by atoms with Crippen molar-refractivity contribution in [1.29, 1.82) is 0 Å². The molecule has 0 saturated carbocycles. The second-order valence-corrected chi connectivity index (χ2v) is 8.71. The molecule has 2 N–H and O–H groups in total. The molecule has 174 valence electrons. The quantitative estimate of drug-likeness (QED) is 0.555. The van der Waals surface area contributed by atoms with Crippen LogP contribution in [0.1, 0.15) is 40.1 Å². The van der Waals surface area contributed by atoms with Gasteiger partial charge in [-0.2, -0.15) is 0 Å². The van der Waals surface area contributed by atoms with Crippen molar-refractivity contribution >= 4 is 17.9 Å². The summed E-state index contributed by atoms with van der Waals surface area (Å²) in [6.45, 7) is 4.07. The third kappa shape index (κ3) is 5.61. The molecule has 2 amide bonds. The summed E-state index contributed by atoms with van der Waals surface area (Å²) in [4.78, 5) is 25.9. The number of benzene rings is 3. The molecule has 3 aromatic rings. The van der Waals surface area contributed by atoms with Crippen molar-refractivity contribution < 1.29 is 14.3 Å². The van der Waals surface area contributed by atoms with Crippen molar-refractivity contribution in [2.75, 3.05) is 0 Å². The van der Waals surface area contributed by atoms with E-state index in [0.29, 0.717) is 11.1 Å². The van der Waals surface area contributed by atoms with Crippen molar-refractivity contribution in [2.45, 2.75) is 32.2 Å². The third-order valence-electron chi connectivity index (χ3n) is 6.35. The van der Waals surface area contributed by atoms with Gasteiger partial charge in [-0.1, -0.05) is 92.7 Å². The molecule has 5 heteroatoms. The highest BCUT2D eigenvalue weighted by molar-refractivity contribution is 5.95. The fraction of sp³-hybridized carbons (Fsp3) is 0.241. The van der Waals surface area contributed by atoms with Gasteiger partial charge in [0, 0.05) is 29.0 Å². The molecule has 5 atom stereocenters. The maximum Gasteiger partial charge on any atom is 0.253 e. The number of amides is 2. The Morgan fingerprint density at radius 2 is 1.21 bits per heavy atom. The van der Waals surface area contributed by atoms with Gasteiger partial charge in [0.25, 0.3) is 11.8 Å². The van der Waals surface area contributed by atoms with Crippen molar-refractivity contribution in [3.8, 4) is 0 Å². The molecule has 1 fully saturated rings. The largest absolute Gasteiger partial charge is 0.350 e. The van der Waals surface area contributed by atoms with Crippen LogP contribution < -0.4 is 10.6 Å². The number of hydrogen-bond acceptors (Lipinski definition) is 3. The fourth-order valence-electron chi connectivity index (χ4n) is 4.33. The third-order valence-corrected chi connectivity index (χ3v) is 6.35. The van der Waals surface area contributed by atoms with Gasteiger partial charge >= 0.3 is 0 Å². The van der Waals surface area contributed by atoms with Crippen LogP contribution in [0.4, 0.5) is 0 Å². The average molecular weight is 455 g/mol. The lowest BCUT2D eigenvalue weighted by atomic mass is 9.82. The van der Waals surface area contributed by atoms with Gasteiger partial charge in [0.2, 0.25) is 0 Å². The van der Waals surface area contributed by atoms with Crippen molar-refractivity contribution in [2.24, 2.45) is 11.8 Å². The molecule has 1 saturated heterocycles. The second-order valence-electron chi connectivity index (χ2n) is 8.71. The van der Waals surface area contributed by atoms with E-state index < -0.39 is 6.23 Å². The van der Waals surface area contributed by atoms with E-state index in [4.69, 9.17) is 4.74 Å². The predicted octanol–water partition coefficient (Wildman–Crippen LogP) is 4.93. The van der Waals surface area contributed by atoms with Gasteiger partial charge < -0.3 is 15.4 Å². The Balaban J connectivity index is 1.57. The van der Waals surface area contributed by atoms with Crippen LogP contribution in [-0.2, 0) is 4.74 Å². The van der Waals surface area contributed by atoms with Crippen LogP contribution in [0.2, 0.25) is 0 Å². The number of rotatable bonds is 6. The molecule has 0 bridgehead atoms. The zero-order chi connectivity index (χ0) is 23.9. The first-order chi connectivity index (χ1) is 16.5. The maximum atomic E-state index is 13.0. The summed E-state index contributed by atoms with van der Waals surface area (Å²) in [5, 5.41) is 6.23. The molecule has 0 radical (unpaired) electrons. The lowest BCUT2D eigenvalue weighted by Crippen LogP contribution is -2.60. The number of carbonyl (C=O) groups excluding carboxylic acids is 2.